The van der Waals surface area contributed by atoms with Crippen LogP contribution in [0.4, 0.5) is 0 Å². The third kappa shape index (κ3) is 4.64. The van der Waals surface area contributed by atoms with Crippen molar-refractivity contribution in [3.05, 3.63) is 29.8 Å². The van der Waals surface area contributed by atoms with Gasteiger partial charge in [-0.15, -0.1) is 0 Å². The van der Waals surface area contributed by atoms with Crippen molar-refractivity contribution in [3.8, 4) is 5.75 Å². The van der Waals surface area contributed by atoms with E-state index in [1.54, 1.807) is 6.07 Å². The molecule has 0 fully saturated rings. The monoisotopic (exact) mass is 222 g/mol. The summed E-state index contributed by atoms with van der Waals surface area (Å²) in [6, 6.07) is 7.92. The van der Waals surface area contributed by atoms with Crippen molar-refractivity contribution < 1.29 is 5.11 Å². The first kappa shape index (κ1) is 13.0. The van der Waals surface area contributed by atoms with E-state index in [1.807, 2.05) is 18.2 Å². The molecular formula is C13H22N2O. The van der Waals surface area contributed by atoms with E-state index in [-0.39, 0.29) is 0 Å². The average Bonchev–Trinajstić information content (AvgIpc) is 2.25. The van der Waals surface area contributed by atoms with Gasteiger partial charge in [0.2, 0.25) is 0 Å². The second kappa shape index (κ2) is 6.51. The Morgan fingerprint density at radius 3 is 2.62 bits per heavy atom. The Kier molecular flexibility index (Phi) is 5.29. The Balaban J connectivity index is 2.31. The van der Waals surface area contributed by atoms with E-state index in [0.717, 1.165) is 25.1 Å². The fourth-order valence-electron chi connectivity index (χ4n) is 1.50. The molecule has 1 aromatic rings. The van der Waals surface area contributed by atoms with E-state index in [0.29, 0.717) is 11.8 Å². The molecule has 2 N–H and O–H groups in total. The molecule has 1 aromatic carbocycles. The van der Waals surface area contributed by atoms with Crippen LogP contribution >= 0.6 is 0 Å². The van der Waals surface area contributed by atoms with Crippen LogP contribution in [-0.4, -0.2) is 36.7 Å². The largest absolute Gasteiger partial charge is 0.508 e. The maximum atomic E-state index is 9.59. The topological polar surface area (TPSA) is 35.5 Å². The summed E-state index contributed by atoms with van der Waals surface area (Å²) in [4.78, 5) is 2.18. The molecule has 1 unspecified atom stereocenters. The molecule has 0 heterocycles. The van der Waals surface area contributed by atoms with Gasteiger partial charge in [0.25, 0.3) is 0 Å². The van der Waals surface area contributed by atoms with E-state index in [9.17, 15) is 5.11 Å². The number of nitrogens with one attached hydrogen (secondary N) is 1. The fraction of sp³-hybridized carbons (Fsp3) is 0.538. The highest BCUT2D eigenvalue weighted by atomic mass is 16.3. The zero-order valence-electron chi connectivity index (χ0n) is 10.4. The first-order chi connectivity index (χ1) is 7.59. The van der Waals surface area contributed by atoms with Crippen LogP contribution in [0.1, 0.15) is 18.9 Å². The summed E-state index contributed by atoms with van der Waals surface area (Å²) in [6.07, 6.45) is 1.11. The minimum absolute atomic E-state index is 0.370. The van der Waals surface area contributed by atoms with Crippen molar-refractivity contribution in [2.75, 3.05) is 20.6 Å². The summed E-state index contributed by atoms with van der Waals surface area (Å²) in [5.74, 6) is 0.370. The summed E-state index contributed by atoms with van der Waals surface area (Å²) in [7, 11) is 4.16. The van der Waals surface area contributed by atoms with Gasteiger partial charge in [0.05, 0.1) is 0 Å². The lowest BCUT2D eigenvalue weighted by molar-refractivity contribution is 0.364. The van der Waals surface area contributed by atoms with Crippen molar-refractivity contribution in [1.29, 1.82) is 0 Å². The second-order valence-electron chi connectivity index (χ2n) is 4.50. The molecule has 0 amide bonds. The lowest BCUT2D eigenvalue weighted by atomic mass is 10.1. The first-order valence-corrected chi connectivity index (χ1v) is 5.74. The molecular weight excluding hydrogens is 200 g/mol. The van der Waals surface area contributed by atoms with Gasteiger partial charge in [-0.25, -0.2) is 0 Å². The van der Waals surface area contributed by atoms with E-state index in [1.165, 1.54) is 0 Å². The number of hydrogen-bond donors (Lipinski definition) is 2. The number of para-hydroxylation sites is 1. The average molecular weight is 222 g/mol. The molecule has 90 valence electrons. The Morgan fingerprint density at radius 1 is 1.31 bits per heavy atom. The highest BCUT2D eigenvalue weighted by molar-refractivity contribution is 5.31. The van der Waals surface area contributed by atoms with Gasteiger partial charge in [0.1, 0.15) is 5.75 Å². The molecule has 0 aliphatic rings. The summed E-state index contributed by atoms with van der Waals surface area (Å²) in [5.41, 5.74) is 0.958. The van der Waals surface area contributed by atoms with Crippen LogP contribution in [-0.2, 0) is 6.54 Å². The Labute approximate surface area is 98.1 Å². The van der Waals surface area contributed by atoms with Crippen molar-refractivity contribution in [2.45, 2.75) is 25.9 Å². The van der Waals surface area contributed by atoms with Gasteiger partial charge in [0, 0.05) is 18.2 Å². The number of rotatable bonds is 6. The van der Waals surface area contributed by atoms with Crippen LogP contribution in [0.15, 0.2) is 24.3 Å². The van der Waals surface area contributed by atoms with Crippen LogP contribution < -0.4 is 5.32 Å². The molecule has 0 bridgehead atoms. The highest BCUT2D eigenvalue weighted by Gasteiger charge is 2.04. The van der Waals surface area contributed by atoms with E-state index in [4.69, 9.17) is 0 Å². The molecule has 1 rings (SSSR count). The van der Waals surface area contributed by atoms with Crippen molar-refractivity contribution in [3.63, 3.8) is 0 Å². The maximum Gasteiger partial charge on any atom is 0.120 e. The van der Waals surface area contributed by atoms with Gasteiger partial charge in [-0.05, 0) is 40.1 Å². The molecule has 0 spiro atoms. The van der Waals surface area contributed by atoms with E-state index < -0.39 is 0 Å². The predicted molar refractivity (Wildman–Crippen MR) is 67.6 cm³/mol. The van der Waals surface area contributed by atoms with Crippen molar-refractivity contribution in [2.24, 2.45) is 0 Å². The van der Waals surface area contributed by atoms with E-state index in [2.05, 4.69) is 31.2 Å². The van der Waals surface area contributed by atoms with Gasteiger partial charge in [0.15, 0.2) is 0 Å². The first-order valence-electron chi connectivity index (χ1n) is 5.74. The molecule has 0 aromatic heterocycles. The van der Waals surface area contributed by atoms with Crippen LogP contribution in [0.25, 0.3) is 0 Å². The van der Waals surface area contributed by atoms with Crippen molar-refractivity contribution >= 4 is 0 Å². The van der Waals surface area contributed by atoms with Crippen molar-refractivity contribution in [1.82, 2.24) is 10.2 Å². The maximum absolute atomic E-state index is 9.59. The quantitative estimate of drug-likeness (QED) is 0.770. The van der Waals surface area contributed by atoms with Crippen LogP contribution in [0.5, 0.6) is 5.75 Å². The normalized spacial score (nSPS) is 13.0. The molecule has 3 nitrogen and oxygen atoms in total. The molecule has 1 atom stereocenters. The molecule has 0 radical (unpaired) electrons. The van der Waals surface area contributed by atoms with E-state index >= 15 is 0 Å². The molecule has 0 saturated carbocycles. The molecule has 0 aliphatic heterocycles. The summed E-state index contributed by atoms with van der Waals surface area (Å²) < 4.78 is 0. The van der Waals surface area contributed by atoms with Crippen LogP contribution in [0, 0.1) is 0 Å². The number of phenols is 1. The zero-order chi connectivity index (χ0) is 12.0. The van der Waals surface area contributed by atoms with Gasteiger partial charge >= 0.3 is 0 Å². The second-order valence-corrected chi connectivity index (χ2v) is 4.50. The van der Waals surface area contributed by atoms with Gasteiger partial charge < -0.3 is 15.3 Å². The number of nitrogens with zero attached hydrogens (tertiary/aromatic N) is 1. The molecule has 3 heteroatoms. The Hall–Kier alpha value is -1.06. The summed E-state index contributed by atoms with van der Waals surface area (Å²) >= 11 is 0. The fourth-order valence-corrected chi connectivity index (χ4v) is 1.50. The number of aromatic hydroxyl groups is 1. The van der Waals surface area contributed by atoms with Gasteiger partial charge in [-0.1, -0.05) is 18.2 Å². The third-order valence-corrected chi connectivity index (χ3v) is 2.64. The number of hydrogen-bond acceptors (Lipinski definition) is 3. The standard InChI is InChI=1S/C13H22N2O/c1-11(8-9-15(2)3)14-10-12-6-4-5-7-13(12)16/h4-7,11,14,16H,8-10H2,1-3H3. The SMILES string of the molecule is CC(CCN(C)C)NCc1ccccc1O. The summed E-state index contributed by atoms with van der Waals surface area (Å²) in [5, 5.41) is 13.0. The zero-order valence-corrected chi connectivity index (χ0v) is 10.4. The third-order valence-electron chi connectivity index (χ3n) is 2.64. The smallest absolute Gasteiger partial charge is 0.120 e. The van der Waals surface area contributed by atoms with Crippen LogP contribution in [0.3, 0.4) is 0 Å². The lowest BCUT2D eigenvalue weighted by Gasteiger charge is -2.17. The molecule has 0 saturated heterocycles. The van der Waals surface area contributed by atoms with Gasteiger partial charge in [-0.2, -0.15) is 0 Å². The predicted octanol–water partition coefficient (Wildman–Crippen LogP) is 1.82. The minimum Gasteiger partial charge on any atom is -0.508 e. The number of phenolic OH excluding ortho intramolecular Hbond substituents is 1. The Morgan fingerprint density at radius 2 is 2.00 bits per heavy atom. The number of benzene rings is 1. The lowest BCUT2D eigenvalue weighted by Crippen LogP contribution is -2.29. The minimum atomic E-state index is 0.370. The molecule has 16 heavy (non-hydrogen) atoms. The van der Waals surface area contributed by atoms with Crippen LogP contribution in [0.2, 0.25) is 0 Å². The van der Waals surface area contributed by atoms with Gasteiger partial charge in [-0.3, -0.25) is 0 Å². The molecule has 0 aliphatic carbocycles. The Bertz CT molecular complexity index is 313. The summed E-state index contributed by atoms with van der Waals surface area (Å²) in [6.45, 7) is 3.97. The highest BCUT2D eigenvalue weighted by Crippen LogP contribution is 2.15.